The molecule has 0 aliphatic carbocycles. The quantitative estimate of drug-likeness (QED) is 0.488. The number of benzene rings is 2. The predicted octanol–water partition coefficient (Wildman–Crippen LogP) is 3.57. The Balaban J connectivity index is 1.76. The Morgan fingerprint density at radius 2 is 1.87 bits per heavy atom. The van der Waals surface area contributed by atoms with Crippen molar-refractivity contribution < 1.29 is 28.9 Å². The van der Waals surface area contributed by atoms with Crippen molar-refractivity contribution >= 4 is 46.3 Å². The molecule has 2 aromatic carbocycles. The minimum absolute atomic E-state index is 0.175. The highest BCUT2D eigenvalue weighted by atomic mass is 32.2. The number of rotatable bonds is 8. The van der Waals surface area contributed by atoms with Crippen LogP contribution in [0.3, 0.4) is 0 Å². The van der Waals surface area contributed by atoms with Gasteiger partial charge in [0.15, 0.2) is 18.1 Å². The van der Waals surface area contributed by atoms with Crippen molar-refractivity contribution in [3.63, 3.8) is 0 Å². The molecule has 1 aliphatic heterocycles. The van der Waals surface area contributed by atoms with E-state index in [1.807, 2.05) is 24.3 Å². The van der Waals surface area contributed by atoms with Gasteiger partial charge in [-0.05, 0) is 41.5 Å². The maximum Gasteiger partial charge on any atom is 0.341 e. The van der Waals surface area contributed by atoms with E-state index in [-0.39, 0.29) is 5.91 Å². The Labute approximate surface area is 183 Å². The highest BCUT2D eigenvalue weighted by molar-refractivity contribution is 8.26. The van der Waals surface area contributed by atoms with Crippen LogP contribution < -0.4 is 14.2 Å². The van der Waals surface area contributed by atoms with Crippen LogP contribution in [0.1, 0.15) is 11.1 Å². The van der Waals surface area contributed by atoms with E-state index in [0.717, 1.165) is 11.3 Å². The Kier molecular flexibility index (Phi) is 6.96. The molecule has 0 radical (unpaired) electrons. The Morgan fingerprint density at radius 1 is 1.13 bits per heavy atom. The molecular formula is C21H19NO6S2. The third-order valence-electron chi connectivity index (χ3n) is 4.21. The van der Waals surface area contributed by atoms with Crippen LogP contribution in [-0.2, 0) is 16.1 Å². The summed E-state index contributed by atoms with van der Waals surface area (Å²) in [5.41, 5.74) is 1.65. The maximum absolute atomic E-state index is 12.9. The number of thioether (sulfide) groups is 1. The lowest BCUT2D eigenvalue weighted by atomic mass is 10.1. The minimum atomic E-state index is -1.08. The Hall–Kier alpha value is -3.04. The number of amides is 1. The van der Waals surface area contributed by atoms with Gasteiger partial charge in [0.1, 0.15) is 10.1 Å². The van der Waals surface area contributed by atoms with Gasteiger partial charge < -0.3 is 19.3 Å². The van der Waals surface area contributed by atoms with E-state index < -0.39 is 12.6 Å². The van der Waals surface area contributed by atoms with Crippen LogP contribution in [0.15, 0.2) is 47.4 Å². The summed E-state index contributed by atoms with van der Waals surface area (Å²) in [7, 11) is 3.06. The van der Waals surface area contributed by atoms with Gasteiger partial charge in [0.2, 0.25) is 0 Å². The Morgan fingerprint density at radius 3 is 2.50 bits per heavy atom. The van der Waals surface area contributed by atoms with Crippen molar-refractivity contribution in [3.05, 3.63) is 58.5 Å². The summed E-state index contributed by atoms with van der Waals surface area (Å²) >= 11 is 6.62. The first-order chi connectivity index (χ1) is 14.4. The number of hydrogen-bond acceptors (Lipinski definition) is 7. The number of ether oxygens (including phenoxy) is 3. The second-order valence-corrected chi connectivity index (χ2v) is 7.88. The zero-order chi connectivity index (χ0) is 21.7. The normalized spacial score (nSPS) is 14.9. The van der Waals surface area contributed by atoms with Crippen molar-refractivity contribution in [1.29, 1.82) is 0 Å². The van der Waals surface area contributed by atoms with Crippen LogP contribution in [0.25, 0.3) is 6.08 Å². The maximum atomic E-state index is 12.9. The summed E-state index contributed by atoms with van der Waals surface area (Å²) < 4.78 is 16.1. The molecule has 156 valence electrons. The molecule has 0 atom stereocenters. The lowest BCUT2D eigenvalue weighted by Gasteiger charge is -2.14. The lowest BCUT2D eigenvalue weighted by molar-refractivity contribution is -0.139. The summed E-state index contributed by atoms with van der Waals surface area (Å²) in [5, 5.41) is 8.75. The summed E-state index contributed by atoms with van der Waals surface area (Å²) in [6, 6.07) is 12.4. The summed E-state index contributed by atoms with van der Waals surface area (Å²) in [4.78, 5) is 25.6. The SMILES string of the molecule is COc1ccc(CN2C(=O)/C(=C/c3ccc(OCC(=O)O)c(OC)c3)SC2=S)cc1. The van der Waals surface area contributed by atoms with Crippen LogP contribution in [0.2, 0.25) is 0 Å². The number of carboxylic acid groups (broad SMARTS) is 1. The fourth-order valence-electron chi connectivity index (χ4n) is 2.73. The molecule has 1 fully saturated rings. The van der Waals surface area contributed by atoms with Gasteiger partial charge in [0.25, 0.3) is 5.91 Å². The van der Waals surface area contributed by atoms with Crippen LogP contribution in [0, 0.1) is 0 Å². The fraction of sp³-hybridized carbons (Fsp3) is 0.190. The smallest absolute Gasteiger partial charge is 0.341 e. The first-order valence-electron chi connectivity index (χ1n) is 8.82. The molecular weight excluding hydrogens is 426 g/mol. The monoisotopic (exact) mass is 445 g/mol. The highest BCUT2D eigenvalue weighted by Crippen LogP contribution is 2.35. The van der Waals surface area contributed by atoms with Gasteiger partial charge in [0, 0.05) is 0 Å². The van der Waals surface area contributed by atoms with Crippen molar-refractivity contribution in [2.24, 2.45) is 0 Å². The third kappa shape index (κ3) is 5.11. The minimum Gasteiger partial charge on any atom is -0.497 e. The fourth-order valence-corrected chi connectivity index (χ4v) is 3.99. The zero-order valence-corrected chi connectivity index (χ0v) is 17.9. The molecule has 0 bridgehead atoms. The number of nitrogens with zero attached hydrogens (tertiary/aromatic N) is 1. The zero-order valence-electron chi connectivity index (χ0n) is 16.3. The largest absolute Gasteiger partial charge is 0.497 e. The van der Waals surface area contributed by atoms with Gasteiger partial charge in [-0.15, -0.1) is 0 Å². The summed E-state index contributed by atoms with van der Waals surface area (Å²) in [6.45, 7) is -0.100. The van der Waals surface area contributed by atoms with Crippen molar-refractivity contribution in [3.8, 4) is 17.2 Å². The standard InChI is InChI=1S/C21H19NO6S2/c1-26-15-6-3-13(4-7-15)11-22-20(25)18(30-21(22)29)10-14-5-8-16(17(9-14)27-2)28-12-19(23)24/h3-10H,11-12H2,1-2H3,(H,23,24)/b18-10-. The first kappa shape index (κ1) is 21.7. The van der Waals surface area contributed by atoms with E-state index in [4.69, 9.17) is 31.5 Å². The molecule has 1 heterocycles. The molecule has 0 saturated carbocycles. The van der Waals surface area contributed by atoms with Gasteiger partial charge >= 0.3 is 5.97 Å². The molecule has 0 unspecified atom stereocenters. The van der Waals surface area contributed by atoms with Crippen LogP contribution in [0.4, 0.5) is 0 Å². The number of carbonyl (C=O) groups excluding carboxylic acids is 1. The van der Waals surface area contributed by atoms with Gasteiger partial charge in [-0.3, -0.25) is 9.69 Å². The predicted molar refractivity (Wildman–Crippen MR) is 118 cm³/mol. The van der Waals surface area contributed by atoms with Gasteiger partial charge in [0.05, 0.1) is 25.7 Å². The molecule has 3 rings (SSSR count). The topological polar surface area (TPSA) is 85.3 Å². The molecule has 0 aromatic heterocycles. The summed E-state index contributed by atoms with van der Waals surface area (Å²) in [5.74, 6) is 0.171. The molecule has 1 amide bonds. The molecule has 1 aliphatic rings. The molecule has 7 nitrogen and oxygen atoms in total. The number of hydrogen-bond donors (Lipinski definition) is 1. The highest BCUT2D eigenvalue weighted by Gasteiger charge is 2.32. The van der Waals surface area contributed by atoms with E-state index >= 15 is 0 Å². The van der Waals surface area contributed by atoms with Crippen LogP contribution in [-0.4, -0.2) is 47.0 Å². The molecule has 0 spiro atoms. The molecule has 1 N–H and O–H groups in total. The van der Waals surface area contributed by atoms with Gasteiger partial charge in [-0.1, -0.05) is 42.2 Å². The van der Waals surface area contributed by atoms with E-state index in [1.54, 1.807) is 36.3 Å². The van der Waals surface area contributed by atoms with E-state index in [9.17, 15) is 9.59 Å². The average molecular weight is 446 g/mol. The molecule has 1 saturated heterocycles. The van der Waals surface area contributed by atoms with Crippen molar-refractivity contribution in [2.45, 2.75) is 6.54 Å². The molecule has 9 heteroatoms. The number of aliphatic carboxylic acids is 1. The second-order valence-electron chi connectivity index (χ2n) is 6.21. The molecule has 30 heavy (non-hydrogen) atoms. The summed E-state index contributed by atoms with van der Waals surface area (Å²) in [6.07, 6.45) is 1.72. The van der Waals surface area contributed by atoms with Gasteiger partial charge in [-0.2, -0.15) is 0 Å². The van der Waals surface area contributed by atoms with E-state index in [2.05, 4.69) is 0 Å². The number of carbonyl (C=O) groups is 2. The number of methoxy groups -OCH3 is 2. The first-order valence-corrected chi connectivity index (χ1v) is 10.0. The van der Waals surface area contributed by atoms with Crippen LogP contribution >= 0.6 is 24.0 Å². The van der Waals surface area contributed by atoms with Gasteiger partial charge in [-0.25, -0.2) is 4.79 Å². The van der Waals surface area contributed by atoms with Crippen LogP contribution in [0.5, 0.6) is 17.2 Å². The number of thiocarbonyl (C=S) groups is 1. The van der Waals surface area contributed by atoms with E-state index in [0.29, 0.717) is 32.8 Å². The average Bonchev–Trinajstić information content (AvgIpc) is 3.00. The van der Waals surface area contributed by atoms with Crippen molar-refractivity contribution in [2.75, 3.05) is 20.8 Å². The molecule has 2 aromatic rings. The number of carboxylic acids is 1. The second kappa shape index (κ2) is 9.64. The van der Waals surface area contributed by atoms with Crippen molar-refractivity contribution in [1.82, 2.24) is 4.90 Å². The lowest BCUT2D eigenvalue weighted by Crippen LogP contribution is -2.27. The Bertz CT molecular complexity index is 1000. The van der Waals surface area contributed by atoms with E-state index in [1.165, 1.54) is 18.9 Å². The third-order valence-corrected chi connectivity index (χ3v) is 5.59.